The zero-order valence-corrected chi connectivity index (χ0v) is 20.8. The van der Waals surface area contributed by atoms with E-state index in [4.69, 9.17) is 4.42 Å². The van der Waals surface area contributed by atoms with Gasteiger partial charge in [0.25, 0.3) is 0 Å². The summed E-state index contributed by atoms with van der Waals surface area (Å²) in [6.07, 6.45) is 18.0. The number of nitrogens with zero attached hydrogens (tertiary/aromatic N) is 1. The molecule has 4 heteroatoms. The van der Waals surface area contributed by atoms with Crippen LogP contribution in [0.2, 0.25) is 0 Å². The zero-order chi connectivity index (χ0) is 23.5. The van der Waals surface area contributed by atoms with E-state index >= 15 is 0 Å². The predicted molar refractivity (Wildman–Crippen MR) is 135 cm³/mol. The molecule has 34 heavy (non-hydrogen) atoms. The molecule has 1 aromatic carbocycles. The molecule has 0 radical (unpaired) electrons. The molecule has 0 amide bonds. The van der Waals surface area contributed by atoms with Gasteiger partial charge in [-0.3, -0.25) is 0 Å². The first-order valence-corrected chi connectivity index (χ1v) is 13.7. The third-order valence-electron chi connectivity index (χ3n) is 10.8. The van der Waals surface area contributed by atoms with E-state index in [1.165, 1.54) is 63.9 Å². The molecule has 4 nitrogen and oxygen atoms in total. The minimum atomic E-state index is -0.364. The second kappa shape index (κ2) is 8.24. The van der Waals surface area contributed by atoms with Crippen molar-refractivity contribution in [1.82, 2.24) is 4.98 Å². The van der Waals surface area contributed by atoms with Crippen LogP contribution in [0, 0.1) is 34.5 Å². The molecule has 6 unspecified atom stereocenters. The Hall–Kier alpha value is -2.10. The molecular formula is C30H39NO3. The van der Waals surface area contributed by atoms with Crippen LogP contribution in [0.3, 0.4) is 0 Å². The van der Waals surface area contributed by atoms with Gasteiger partial charge in [-0.05, 0) is 104 Å². The van der Waals surface area contributed by atoms with Crippen molar-refractivity contribution < 1.29 is 9.52 Å². The van der Waals surface area contributed by atoms with Crippen molar-refractivity contribution in [3.63, 3.8) is 0 Å². The van der Waals surface area contributed by atoms with Crippen LogP contribution in [0.4, 0.5) is 0 Å². The van der Waals surface area contributed by atoms with E-state index in [1.807, 2.05) is 0 Å². The summed E-state index contributed by atoms with van der Waals surface area (Å²) in [6, 6.07) is 4.62. The molecular weight excluding hydrogens is 422 g/mol. The van der Waals surface area contributed by atoms with E-state index in [9.17, 15) is 9.90 Å². The molecule has 6 atom stereocenters. The van der Waals surface area contributed by atoms with Gasteiger partial charge >= 0.3 is 5.63 Å². The largest absolute Gasteiger partial charge is 0.508 e. The quantitative estimate of drug-likeness (QED) is 0.490. The third-order valence-corrected chi connectivity index (χ3v) is 10.8. The standard InChI is InChI=1S/C30H39NO3/c1-29-16-4-3-6-19(29)9-12-22-24-14-10-20(30(24,2)17-15-25(22)29)7-5-8-27-31-26-18-21(32)11-13-23(26)28(33)34-27/h10-11,13,18-19,22,24-25,32H,3-9,12,14-17H2,1-2H3. The molecule has 4 aliphatic rings. The van der Waals surface area contributed by atoms with E-state index in [1.54, 1.807) is 17.7 Å². The number of rotatable bonds is 4. The Labute approximate surface area is 202 Å². The van der Waals surface area contributed by atoms with E-state index in [-0.39, 0.29) is 11.4 Å². The van der Waals surface area contributed by atoms with Crippen molar-refractivity contribution >= 4 is 10.9 Å². The molecule has 0 bridgehead atoms. The number of allylic oxidation sites excluding steroid dienone is 2. The highest BCUT2D eigenvalue weighted by atomic mass is 16.4. The van der Waals surface area contributed by atoms with E-state index in [0.717, 1.165) is 36.5 Å². The molecule has 0 aliphatic heterocycles. The first-order valence-electron chi connectivity index (χ1n) is 13.7. The number of aryl methyl sites for hydroxylation is 1. The van der Waals surface area contributed by atoms with Crippen molar-refractivity contribution in [2.45, 2.75) is 90.9 Å². The fourth-order valence-electron chi connectivity index (χ4n) is 8.98. The molecule has 1 aromatic heterocycles. The number of phenolic OH excluding ortho intramolecular Hbond substituents is 1. The first kappa shape index (κ1) is 22.4. The second-order valence-electron chi connectivity index (χ2n) is 12.3. The van der Waals surface area contributed by atoms with Gasteiger partial charge in [0.05, 0.1) is 10.9 Å². The molecule has 3 fully saturated rings. The molecule has 1 N–H and O–H groups in total. The number of hydrogen-bond acceptors (Lipinski definition) is 4. The normalized spacial score (nSPS) is 37.1. The van der Waals surface area contributed by atoms with Crippen LogP contribution < -0.4 is 5.63 Å². The topological polar surface area (TPSA) is 63.3 Å². The fraction of sp³-hybridized carbons (Fsp3) is 0.667. The SMILES string of the molecule is CC12CCC3C(CCC4CCCCC43C)C1CC=C2CCCc1nc2cc(O)ccc2c(=O)o1. The maximum atomic E-state index is 12.3. The van der Waals surface area contributed by atoms with Gasteiger partial charge in [0.15, 0.2) is 5.89 Å². The van der Waals surface area contributed by atoms with Gasteiger partial charge in [-0.1, -0.05) is 38.3 Å². The average molecular weight is 462 g/mol. The molecule has 3 saturated carbocycles. The minimum absolute atomic E-state index is 0.123. The summed E-state index contributed by atoms with van der Waals surface area (Å²) in [5.74, 6) is 4.24. The van der Waals surface area contributed by atoms with Gasteiger partial charge in [0.1, 0.15) is 5.75 Å². The summed E-state index contributed by atoms with van der Waals surface area (Å²) in [7, 11) is 0. The first-order chi connectivity index (χ1) is 16.4. The molecule has 0 saturated heterocycles. The molecule has 4 aliphatic carbocycles. The van der Waals surface area contributed by atoms with Crippen molar-refractivity contribution in [3.8, 4) is 5.75 Å². The Morgan fingerprint density at radius 2 is 1.94 bits per heavy atom. The highest BCUT2D eigenvalue weighted by Crippen LogP contribution is 2.66. The Morgan fingerprint density at radius 3 is 2.82 bits per heavy atom. The van der Waals surface area contributed by atoms with Gasteiger partial charge in [-0.25, -0.2) is 9.78 Å². The monoisotopic (exact) mass is 461 g/mol. The number of aromatic hydroxyl groups is 1. The van der Waals surface area contributed by atoms with Crippen LogP contribution >= 0.6 is 0 Å². The van der Waals surface area contributed by atoms with Crippen molar-refractivity contribution in [3.05, 3.63) is 46.2 Å². The van der Waals surface area contributed by atoms with Crippen LogP contribution in [0.25, 0.3) is 10.9 Å². The van der Waals surface area contributed by atoms with Crippen molar-refractivity contribution in [2.24, 2.45) is 34.5 Å². The molecule has 0 spiro atoms. The summed E-state index contributed by atoms with van der Waals surface area (Å²) in [5, 5.41) is 10.2. The lowest BCUT2D eigenvalue weighted by Gasteiger charge is -2.60. The summed E-state index contributed by atoms with van der Waals surface area (Å²) in [4.78, 5) is 16.8. The molecule has 2 aromatic rings. The Bertz CT molecular complexity index is 1180. The maximum absolute atomic E-state index is 12.3. The number of aromatic nitrogens is 1. The van der Waals surface area contributed by atoms with Crippen LogP contribution in [-0.2, 0) is 6.42 Å². The second-order valence-corrected chi connectivity index (χ2v) is 12.3. The lowest BCUT2D eigenvalue weighted by Crippen LogP contribution is -2.52. The number of phenols is 1. The minimum Gasteiger partial charge on any atom is -0.508 e. The number of hydrogen-bond donors (Lipinski definition) is 1. The van der Waals surface area contributed by atoms with E-state index < -0.39 is 0 Å². The fourth-order valence-corrected chi connectivity index (χ4v) is 8.98. The van der Waals surface area contributed by atoms with Gasteiger partial charge in [-0.2, -0.15) is 0 Å². The summed E-state index contributed by atoms with van der Waals surface area (Å²) in [5.41, 5.74) is 2.75. The highest BCUT2D eigenvalue weighted by Gasteiger charge is 2.57. The Kier molecular flexibility index (Phi) is 5.42. The maximum Gasteiger partial charge on any atom is 0.346 e. The summed E-state index contributed by atoms with van der Waals surface area (Å²) < 4.78 is 5.49. The van der Waals surface area contributed by atoms with E-state index in [0.29, 0.717) is 34.0 Å². The molecule has 6 rings (SSSR count). The summed E-state index contributed by atoms with van der Waals surface area (Å²) in [6.45, 7) is 5.21. The van der Waals surface area contributed by atoms with Crippen LogP contribution in [-0.4, -0.2) is 10.1 Å². The third kappa shape index (κ3) is 3.46. The Balaban J connectivity index is 1.14. The van der Waals surface area contributed by atoms with Gasteiger partial charge < -0.3 is 9.52 Å². The summed E-state index contributed by atoms with van der Waals surface area (Å²) >= 11 is 0. The Morgan fingerprint density at radius 1 is 1.06 bits per heavy atom. The van der Waals surface area contributed by atoms with Crippen molar-refractivity contribution in [1.29, 1.82) is 0 Å². The van der Waals surface area contributed by atoms with Gasteiger partial charge in [-0.15, -0.1) is 0 Å². The highest BCUT2D eigenvalue weighted by molar-refractivity contribution is 5.78. The lowest BCUT2D eigenvalue weighted by molar-refractivity contribution is -0.0992. The molecule has 1 heterocycles. The zero-order valence-electron chi connectivity index (χ0n) is 20.8. The van der Waals surface area contributed by atoms with Gasteiger partial charge in [0, 0.05) is 12.5 Å². The number of benzene rings is 1. The van der Waals surface area contributed by atoms with E-state index in [2.05, 4.69) is 24.9 Å². The van der Waals surface area contributed by atoms with Crippen molar-refractivity contribution in [2.75, 3.05) is 0 Å². The number of fused-ring (bicyclic) bond motifs is 6. The average Bonchev–Trinajstić information content (AvgIpc) is 3.15. The van der Waals surface area contributed by atoms with Gasteiger partial charge in [0.2, 0.25) is 0 Å². The van der Waals surface area contributed by atoms with Crippen LogP contribution in [0.15, 0.2) is 39.1 Å². The van der Waals surface area contributed by atoms with Crippen LogP contribution in [0.1, 0.15) is 90.4 Å². The lowest BCUT2D eigenvalue weighted by atomic mass is 9.45. The molecule has 182 valence electrons. The predicted octanol–water partition coefficient (Wildman–Crippen LogP) is 7.19. The smallest absolute Gasteiger partial charge is 0.346 e. The van der Waals surface area contributed by atoms with Crippen LogP contribution in [0.5, 0.6) is 5.75 Å².